The summed E-state index contributed by atoms with van der Waals surface area (Å²) < 4.78 is 61.3. The number of carbonyl (C=O) groups excluding carboxylic acids is 4. The monoisotopic (exact) mass is 714 g/mol. The smallest absolute Gasteiger partial charge is 0.407 e. The van der Waals surface area contributed by atoms with E-state index in [2.05, 4.69) is 16.0 Å². The predicted octanol–water partition coefficient (Wildman–Crippen LogP) is 5.06. The highest BCUT2D eigenvalue weighted by Gasteiger charge is 2.45. The number of benzene rings is 1. The largest absolute Gasteiger partial charge is 0.478 e. The van der Waals surface area contributed by atoms with Gasteiger partial charge in [-0.2, -0.15) is 0 Å². The summed E-state index contributed by atoms with van der Waals surface area (Å²) in [5.41, 5.74) is -1.43. The fourth-order valence-electron chi connectivity index (χ4n) is 6.53. The number of carbonyl (C=O) groups is 5. The van der Waals surface area contributed by atoms with Crippen LogP contribution < -0.4 is 16.0 Å². The van der Waals surface area contributed by atoms with Gasteiger partial charge >= 0.3 is 12.1 Å². The number of nitrogens with zero attached hydrogens (tertiary/aromatic N) is 1. The van der Waals surface area contributed by atoms with Gasteiger partial charge in [0, 0.05) is 25.1 Å². The molecule has 0 bridgehead atoms. The molecule has 0 spiro atoms. The summed E-state index contributed by atoms with van der Waals surface area (Å²) in [6.07, 6.45) is -0.0862. The number of amides is 4. The van der Waals surface area contributed by atoms with Crippen LogP contribution in [0, 0.1) is 34.8 Å². The van der Waals surface area contributed by atoms with Crippen molar-refractivity contribution in [3.63, 3.8) is 0 Å². The lowest BCUT2D eigenvalue weighted by molar-refractivity contribution is -0.141. The van der Waals surface area contributed by atoms with Crippen LogP contribution in [-0.2, 0) is 25.5 Å². The Morgan fingerprint density at radius 3 is 2.14 bits per heavy atom. The van der Waals surface area contributed by atoms with Crippen LogP contribution in [0.15, 0.2) is 12.1 Å². The minimum Gasteiger partial charge on any atom is -0.478 e. The summed E-state index contributed by atoms with van der Waals surface area (Å²) in [6.45, 7) is 9.03. The van der Waals surface area contributed by atoms with Crippen LogP contribution in [0.2, 0.25) is 0 Å². The summed E-state index contributed by atoms with van der Waals surface area (Å²) in [6, 6.07) is -2.62. The Morgan fingerprint density at radius 2 is 1.60 bits per heavy atom. The Labute approximate surface area is 290 Å². The first-order valence-corrected chi connectivity index (χ1v) is 17.2. The van der Waals surface area contributed by atoms with E-state index in [1.807, 2.05) is 20.8 Å². The van der Waals surface area contributed by atoms with Crippen molar-refractivity contribution in [2.45, 2.75) is 111 Å². The highest BCUT2D eigenvalue weighted by molar-refractivity contribution is 5.94. The number of hydrogen-bond donors (Lipinski definition) is 4. The van der Waals surface area contributed by atoms with E-state index < -0.39 is 102 Å². The molecule has 1 saturated carbocycles. The lowest BCUT2D eigenvalue weighted by Gasteiger charge is -2.31. The number of nitrogens with one attached hydrogen (secondary N) is 3. The second-order valence-electron chi connectivity index (χ2n) is 14.9. The van der Waals surface area contributed by atoms with Gasteiger partial charge in [-0.25, -0.2) is 27.2 Å². The lowest BCUT2D eigenvalue weighted by Crippen LogP contribution is -2.57. The number of aromatic carboxylic acids is 1. The molecule has 4 amide bonds. The van der Waals surface area contributed by atoms with Gasteiger partial charge in [-0.3, -0.25) is 14.4 Å². The number of carboxylic acid groups (broad SMARTS) is 1. The topological polar surface area (TPSA) is 154 Å². The first-order chi connectivity index (χ1) is 23.4. The molecule has 2 fully saturated rings. The predicted molar refractivity (Wildman–Crippen MR) is 175 cm³/mol. The zero-order valence-corrected chi connectivity index (χ0v) is 29.3. The maximum absolute atomic E-state index is 14.4. The first kappa shape index (κ1) is 40.5. The average molecular weight is 715 g/mol. The molecule has 0 aromatic heterocycles. The third-order valence-electron chi connectivity index (χ3n) is 9.19. The minimum absolute atomic E-state index is 0.0599. The number of ether oxygens (including phenoxy) is 1. The van der Waals surface area contributed by atoms with Gasteiger partial charge in [0.05, 0.1) is 12.2 Å². The van der Waals surface area contributed by atoms with Crippen molar-refractivity contribution >= 4 is 29.8 Å². The van der Waals surface area contributed by atoms with E-state index >= 15 is 0 Å². The minimum atomic E-state index is -3.01. The number of carboxylic acids is 1. The van der Waals surface area contributed by atoms with Gasteiger partial charge in [0.15, 0.2) is 0 Å². The Bertz CT molecular complexity index is 1360. The number of rotatable bonds is 14. The molecular formula is C35H50F4N4O7. The van der Waals surface area contributed by atoms with Crippen molar-refractivity contribution in [2.24, 2.45) is 23.2 Å². The fraction of sp³-hybridized carbons (Fsp3) is 0.686. The second kappa shape index (κ2) is 17.8. The molecule has 15 heteroatoms. The van der Waals surface area contributed by atoms with Gasteiger partial charge in [0.2, 0.25) is 24.1 Å². The molecule has 2 aliphatic rings. The zero-order valence-electron chi connectivity index (χ0n) is 29.3. The maximum atomic E-state index is 14.4. The summed E-state index contributed by atoms with van der Waals surface area (Å²) in [5.74, 6) is -6.40. The molecule has 50 heavy (non-hydrogen) atoms. The standard InChI is InChI=1S/C35H50F4N4O7/c1-19(2)29(42-34(49)50-18-35(3,4)5)32(46)43-17-22(20-9-7-6-8-10-20)15-27(43)31(45)41-26(16-28(38)39)30(44)40-12-11-23-24(36)13-21(33(47)48)14-25(23)37/h13-14,19-20,22,26-29H,6-12,15-18H2,1-5H3,(H,40,44)(H,41,45)(H,42,49)(H,47,48)/t22-,26+,27+,29+/m1/s1. The number of hydrogen-bond acceptors (Lipinski definition) is 6. The number of halogens is 4. The van der Waals surface area contributed by atoms with E-state index in [-0.39, 0.29) is 36.8 Å². The van der Waals surface area contributed by atoms with E-state index in [0.29, 0.717) is 12.1 Å². The summed E-state index contributed by atoms with van der Waals surface area (Å²) in [7, 11) is 0. The van der Waals surface area contributed by atoms with Crippen LogP contribution in [0.1, 0.15) is 95.5 Å². The molecule has 1 saturated heterocycles. The molecule has 0 radical (unpaired) electrons. The second-order valence-corrected chi connectivity index (χ2v) is 14.9. The molecule has 0 unspecified atom stereocenters. The quantitative estimate of drug-likeness (QED) is 0.197. The Hall–Kier alpha value is -3.91. The van der Waals surface area contributed by atoms with Gasteiger partial charge in [0.25, 0.3) is 0 Å². The maximum Gasteiger partial charge on any atom is 0.407 e. The molecular weight excluding hydrogens is 664 g/mol. The number of alkyl halides is 2. The molecule has 4 N–H and O–H groups in total. The zero-order chi connectivity index (χ0) is 37.3. The van der Waals surface area contributed by atoms with Crippen LogP contribution >= 0.6 is 0 Å². The average Bonchev–Trinajstić information content (AvgIpc) is 3.48. The molecule has 1 aliphatic heterocycles. The van der Waals surface area contributed by atoms with Crippen LogP contribution in [0.4, 0.5) is 22.4 Å². The summed E-state index contributed by atoms with van der Waals surface area (Å²) >= 11 is 0. The number of likely N-dealkylation sites (tertiary alicyclic amines) is 1. The molecule has 1 aromatic rings. The van der Waals surface area contributed by atoms with Crippen molar-refractivity contribution in [3.05, 3.63) is 34.9 Å². The Morgan fingerprint density at radius 1 is 0.980 bits per heavy atom. The van der Waals surface area contributed by atoms with Gasteiger partial charge in [-0.15, -0.1) is 0 Å². The van der Waals surface area contributed by atoms with E-state index in [0.717, 1.165) is 32.1 Å². The van der Waals surface area contributed by atoms with E-state index in [4.69, 9.17) is 9.84 Å². The summed E-state index contributed by atoms with van der Waals surface area (Å²) in [4.78, 5) is 66.0. The molecule has 1 aromatic carbocycles. The number of alkyl carbamates (subject to hydrolysis) is 1. The van der Waals surface area contributed by atoms with Crippen molar-refractivity contribution in [1.29, 1.82) is 0 Å². The van der Waals surface area contributed by atoms with Crippen LogP contribution in [0.25, 0.3) is 0 Å². The van der Waals surface area contributed by atoms with Gasteiger partial charge < -0.3 is 30.7 Å². The summed E-state index contributed by atoms with van der Waals surface area (Å²) in [5, 5.41) is 16.3. The van der Waals surface area contributed by atoms with Gasteiger partial charge in [-0.05, 0) is 48.1 Å². The van der Waals surface area contributed by atoms with Crippen molar-refractivity contribution in [3.8, 4) is 0 Å². The Balaban J connectivity index is 1.77. The van der Waals surface area contributed by atoms with Crippen LogP contribution in [0.3, 0.4) is 0 Å². The van der Waals surface area contributed by atoms with E-state index in [9.17, 15) is 41.5 Å². The molecule has 11 nitrogen and oxygen atoms in total. The van der Waals surface area contributed by atoms with Crippen molar-refractivity contribution in [1.82, 2.24) is 20.9 Å². The third kappa shape index (κ3) is 11.6. The Kier molecular flexibility index (Phi) is 14.5. The third-order valence-corrected chi connectivity index (χ3v) is 9.19. The van der Waals surface area contributed by atoms with Crippen LogP contribution in [0.5, 0.6) is 0 Å². The van der Waals surface area contributed by atoms with Crippen molar-refractivity contribution in [2.75, 3.05) is 19.7 Å². The molecule has 4 atom stereocenters. The fourth-order valence-corrected chi connectivity index (χ4v) is 6.53. The molecule has 280 valence electrons. The van der Waals surface area contributed by atoms with E-state index in [1.54, 1.807) is 13.8 Å². The van der Waals surface area contributed by atoms with Crippen LogP contribution in [-0.4, -0.2) is 84.0 Å². The molecule has 1 aliphatic carbocycles. The molecule has 3 rings (SSSR count). The normalized spacial score (nSPS) is 19.6. The first-order valence-electron chi connectivity index (χ1n) is 17.2. The highest BCUT2D eigenvalue weighted by Crippen LogP contribution is 2.38. The SMILES string of the molecule is CC(C)[C@H](NC(=O)OCC(C)(C)C)C(=O)N1C[C@H](C2CCCCC2)C[C@H]1C(=O)N[C@@H](CC(F)F)C(=O)NCCc1c(F)cc(C(=O)O)cc1F. The van der Waals surface area contributed by atoms with Crippen molar-refractivity contribution < 1.29 is 51.4 Å². The van der Waals surface area contributed by atoms with E-state index in [1.165, 1.54) is 4.90 Å². The van der Waals surface area contributed by atoms with Gasteiger partial charge in [-0.1, -0.05) is 66.7 Å². The molecule has 1 heterocycles. The lowest BCUT2D eigenvalue weighted by atomic mass is 9.79. The van der Waals surface area contributed by atoms with Gasteiger partial charge in [0.1, 0.15) is 29.8 Å². The highest BCUT2D eigenvalue weighted by atomic mass is 19.3.